The Balaban J connectivity index is 1.67. The monoisotopic (exact) mass is 472 g/mol. The van der Waals surface area contributed by atoms with E-state index in [1.54, 1.807) is 6.92 Å². The van der Waals surface area contributed by atoms with Crippen molar-refractivity contribution in [2.45, 2.75) is 31.9 Å². The molecule has 2 fully saturated rings. The molecule has 164 valence electrons. The molecular weight excluding hydrogens is 457 g/mol. The van der Waals surface area contributed by atoms with E-state index in [2.05, 4.69) is 15.5 Å². The van der Waals surface area contributed by atoms with Crippen LogP contribution >= 0.6 is 23.4 Å². The molecule has 2 saturated heterocycles. The Morgan fingerprint density at radius 1 is 1.29 bits per heavy atom. The van der Waals surface area contributed by atoms with E-state index in [9.17, 15) is 22.8 Å². The predicted molar refractivity (Wildman–Crippen MR) is 109 cm³/mol. The normalized spacial score (nSPS) is 19.4. The second kappa shape index (κ2) is 8.19. The van der Waals surface area contributed by atoms with Crippen molar-refractivity contribution < 1.29 is 27.3 Å². The van der Waals surface area contributed by atoms with Crippen LogP contribution in [0.25, 0.3) is 6.08 Å². The number of piperidine rings is 1. The van der Waals surface area contributed by atoms with Crippen LogP contribution in [0.4, 0.5) is 23.7 Å². The second-order valence-corrected chi connectivity index (χ2v) is 8.61. The molecule has 1 aromatic heterocycles. The SMILES string of the molecule is Cc1noc(C2CCN(c3c(Cl)cc(C(F)(F)F)cc3C=C3SC(=O)NC3=O)CC2)n1. The molecule has 7 nitrogen and oxygen atoms in total. The fourth-order valence-electron chi connectivity index (χ4n) is 3.62. The van der Waals surface area contributed by atoms with Crippen molar-refractivity contribution in [2.75, 3.05) is 18.0 Å². The van der Waals surface area contributed by atoms with E-state index in [0.29, 0.717) is 55.1 Å². The molecule has 0 aliphatic carbocycles. The summed E-state index contributed by atoms with van der Waals surface area (Å²) in [5, 5.41) is 5.24. The largest absolute Gasteiger partial charge is 0.416 e. The summed E-state index contributed by atoms with van der Waals surface area (Å²) in [6, 6.07) is 1.82. The van der Waals surface area contributed by atoms with Crippen LogP contribution in [0, 0.1) is 6.92 Å². The van der Waals surface area contributed by atoms with Gasteiger partial charge in [-0.15, -0.1) is 0 Å². The summed E-state index contributed by atoms with van der Waals surface area (Å²) in [6.07, 6.45) is -2.06. The number of rotatable bonds is 3. The maximum Gasteiger partial charge on any atom is 0.416 e. The van der Waals surface area contributed by atoms with Gasteiger partial charge in [-0.3, -0.25) is 14.9 Å². The Labute approximate surface area is 184 Å². The van der Waals surface area contributed by atoms with Gasteiger partial charge < -0.3 is 9.42 Å². The highest BCUT2D eigenvalue weighted by Gasteiger charge is 2.34. The molecule has 4 rings (SSSR count). The number of halogens is 4. The summed E-state index contributed by atoms with van der Waals surface area (Å²) >= 11 is 6.93. The number of nitrogens with zero attached hydrogens (tertiary/aromatic N) is 3. The summed E-state index contributed by atoms with van der Waals surface area (Å²) in [7, 11) is 0. The van der Waals surface area contributed by atoms with E-state index >= 15 is 0 Å². The third kappa shape index (κ3) is 4.57. The van der Waals surface area contributed by atoms with Crippen LogP contribution in [-0.4, -0.2) is 34.4 Å². The minimum atomic E-state index is -4.61. The van der Waals surface area contributed by atoms with Crippen molar-refractivity contribution in [1.82, 2.24) is 15.5 Å². The van der Waals surface area contributed by atoms with Crippen molar-refractivity contribution in [3.05, 3.63) is 44.9 Å². The third-order valence-corrected chi connectivity index (χ3v) is 6.15. The molecular formula is C19H16ClF3N4O3S. The number of aryl methyl sites for hydroxylation is 1. The molecule has 2 aliphatic rings. The maximum absolute atomic E-state index is 13.4. The summed E-state index contributed by atoms with van der Waals surface area (Å²) in [5.41, 5.74) is -0.423. The van der Waals surface area contributed by atoms with Gasteiger partial charge in [0.25, 0.3) is 11.1 Å². The van der Waals surface area contributed by atoms with Crippen LogP contribution in [0.2, 0.25) is 5.02 Å². The Bertz CT molecular complexity index is 1080. The number of anilines is 1. The van der Waals surface area contributed by atoms with Crippen molar-refractivity contribution in [3.63, 3.8) is 0 Å². The number of imide groups is 1. The summed E-state index contributed by atoms with van der Waals surface area (Å²) in [5.74, 6) is 0.468. The molecule has 1 N–H and O–H groups in total. The lowest BCUT2D eigenvalue weighted by Crippen LogP contribution is -2.33. The molecule has 2 aliphatic heterocycles. The minimum absolute atomic E-state index is 0.0119. The molecule has 0 radical (unpaired) electrons. The highest BCUT2D eigenvalue weighted by atomic mass is 35.5. The van der Waals surface area contributed by atoms with Crippen LogP contribution in [0.1, 0.15) is 41.6 Å². The lowest BCUT2D eigenvalue weighted by molar-refractivity contribution is -0.137. The van der Waals surface area contributed by atoms with Crippen LogP contribution in [0.15, 0.2) is 21.6 Å². The zero-order chi connectivity index (χ0) is 22.3. The number of alkyl halides is 3. The molecule has 2 amide bonds. The van der Waals surface area contributed by atoms with Crippen molar-refractivity contribution >= 4 is 46.3 Å². The first-order chi connectivity index (χ1) is 14.6. The number of amides is 2. The van der Waals surface area contributed by atoms with Crippen LogP contribution < -0.4 is 10.2 Å². The van der Waals surface area contributed by atoms with Gasteiger partial charge in [-0.25, -0.2) is 0 Å². The quantitative estimate of drug-likeness (QED) is 0.644. The first kappa shape index (κ1) is 21.7. The number of hydrogen-bond donors (Lipinski definition) is 1. The van der Waals surface area contributed by atoms with E-state index < -0.39 is 22.9 Å². The van der Waals surface area contributed by atoms with E-state index in [-0.39, 0.29) is 21.4 Å². The fourth-order valence-corrected chi connectivity index (χ4v) is 4.64. The molecule has 0 saturated carbocycles. The lowest BCUT2D eigenvalue weighted by Gasteiger charge is -2.34. The number of carbonyl (C=O) groups excluding carboxylic acids is 2. The predicted octanol–water partition coefficient (Wildman–Crippen LogP) is 4.76. The van der Waals surface area contributed by atoms with Gasteiger partial charge in [-0.2, -0.15) is 18.2 Å². The minimum Gasteiger partial charge on any atom is -0.370 e. The molecule has 0 unspecified atom stereocenters. The van der Waals surface area contributed by atoms with Gasteiger partial charge in [0, 0.05) is 24.6 Å². The standard InChI is InChI=1S/C19H16ClF3N4O3S/c1-9-24-17(30-26-9)10-2-4-27(5-3-10)15-11(7-14-16(28)25-18(29)31-14)6-12(8-13(15)20)19(21,22)23/h6-8,10H,2-5H2,1H3,(H,25,28,29). The van der Waals surface area contributed by atoms with E-state index in [0.717, 1.165) is 12.1 Å². The van der Waals surface area contributed by atoms with E-state index in [1.807, 2.05) is 4.90 Å². The topological polar surface area (TPSA) is 88.3 Å². The molecule has 0 bridgehead atoms. The smallest absolute Gasteiger partial charge is 0.370 e. The van der Waals surface area contributed by atoms with Crippen molar-refractivity contribution in [3.8, 4) is 0 Å². The van der Waals surface area contributed by atoms with Gasteiger partial charge in [0.05, 0.1) is 21.2 Å². The van der Waals surface area contributed by atoms with Gasteiger partial charge in [0.1, 0.15) is 0 Å². The average Bonchev–Trinajstić information content (AvgIpc) is 3.26. The van der Waals surface area contributed by atoms with Crippen molar-refractivity contribution in [2.24, 2.45) is 0 Å². The van der Waals surface area contributed by atoms with Gasteiger partial charge in [-0.05, 0) is 49.7 Å². The lowest BCUT2D eigenvalue weighted by atomic mass is 9.95. The highest BCUT2D eigenvalue weighted by Crippen LogP contribution is 2.42. The number of nitrogens with one attached hydrogen (secondary N) is 1. The first-order valence-electron chi connectivity index (χ1n) is 9.32. The zero-order valence-corrected chi connectivity index (χ0v) is 17.7. The summed E-state index contributed by atoms with van der Waals surface area (Å²) in [4.78, 5) is 29.5. The fraction of sp³-hybridized carbons (Fsp3) is 0.368. The van der Waals surface area contributed by atoms with Gasteiger partial charge in [-0.1, -0.05) is 16.8 Å². The molecule has 2 aromatic rings. The number of thioether (sulfide) groups is 1. The molecule has 1 aromatic carbocycles. The number of aromatic nitrogens is 2. The van der Waals surface area contributed by atoms with E-state index in [4.69, 9.17) is 16.1 Å². The van der Waals surface area contributed by atoms with Crippen LogP contribution in [0.5, 0.6) is 0 Å². The molecule has 31 heavy (non-hydrogen) atoms. The molecule has 0 atom stereocenters. The van der Waals surface area contributed by atoms with Gasteiger partial charge in [0.15, 0.2) is 5.82 Å². The molecule has 3 heterocycles. The summed E-state index contributed by atoms with van der Waals surface area (Å²) < 4.78 is 45.3. The van der Waals surface area contributed by atoms with Crippen LogP contribution in [0.3, 0.4) is 0 Å². The Morgan fingerprint density at radius 3 is 2.55 bits per heavy atom. The highest BCUT2D eigenvalue weighted by molar-refractivity contribution is 8.18. The van der Waals surface area contributed by atoms with E-state index in [1.165, 1.54) is 6.08 Å². The zero-order valence-electron chi connectivity index (χ0n) is 16.1. The number of hydrogen-bond acceptors (Lipinski definition) is 7. The maximum atomic E-state index is 13.4. The number of benzene rings is 1. The third-order valence-electron chi connectivity index (χ3n) is 5.05. The van der Waals surface area contributed by atoms with Crippen LogP contribution in [-0.2, 0) is 11.0 Å². The Hall–Kier alpha value is -2.53. The Kier molecular flexibility index (Phi) is 5.73. The molecule has 12 heteroatoms. The van der Waals surface area contributed by atoms with Gasteiger partial charge in [0.2, 0.25) is 5.89 Å². The van der Waals surface area contributed by atoms with Crippen molar-refractivity contribution in [1.29, 1.82) is 0 Å². The molecule has 0 spiro atoms. The number of carbonyl (C=O) groups is 2. The Morgan fingerprint density at radius 2 is 2.00 bits per heavy atom. The van der Waals surface area contributed by atoms with Gasteiger partial charge >= 0.3 is 6.18 Å². The summed E-state index contributed by atoms with van der Waals surface area (Å²) in [6.45, 7) is 2.71. The second-order valence-electron chi connectivity index (χ2n) is 7.19. The average molecular weight is 473 g/mol. The first-order valence-corrected chi connectivity index (χ1v) is 10.5.